The third kappa shape index (κ3) is 2.56. The molecular formula is C18H27N5. The zero-order valence-corrected chi connectivity index (χ0v) is 14.4. The first-order valence-corrected chi connectivity index (χ1v) is 8.92. The van der Waals surface area contributed by atoms with E-state index in [0.717, 1.165) is 17.7 Å². The molecule has 124 valence electrons. The lowest BCUT2D eigenvalue weighted by molar-refractivity contribution is 0.259. The first-order chi connectivity index (χ1) is 11.1. The molecule has 4 heterocycles. The van der Waals surface area contributed by atoms with Crippen molar-refractivity contribution in [2.75, 3.05) is 26.7 Å². The molecule has 2 saturated heterocycles. The van der Waals surface area contributed by atoms with Crippen LogP contribution in [0.5, 0.6) is 0 Å². The van der Waals surface area contributed by atoms with Crippen LogP contribution in [0.3, 0.4) is 0 Å². The Balaban J connectivity index is 1.77. The predicted molar refractivity (Wildman–Crippen MR) is 92.5 cm³/mol. The minimum Gasteiger partial charge on any atom is -0.307 e. The molecule has 5 nitrogen and oxygen atoms in total. The molecule has 2 aromatic heterocycles. The number of hydrogen-bond acceptors (Lipinski definition) is 4. The molecule has 0 bridgehead atoms. The molecule has 0 amide bonds. The minimum atomic E-state index is 0.442. The van der Waals surface area contributed by atoms with Crippen molar-refractivity contribution in [2.45, 2.75) is 51.2 Å². The van der Waals surface area contributed by atoms with Gasteiger partial charge >= 0.3 is 0 Å². The van der Waals surface area contributed by atoms with E-state index in [1.807, 2.05) is 12.3 Å². The minimum absolute atomic E-state index is 0.442. The molecule has 5 heteroatoms. The third-order valence-electron chi connectivity index (χ3n) is 5.58. The highest BCUT2D eigenvalue weighted by atomic mass is 15.3. The summed E-state index contributed by atoms with van der Waals surface area (Å²) in [6.45, 7) is 8.04. The summed E-state index contributed by atoms with van der Waals surface area (Å²) in [5.74, 6) is 1.23. The maximum Gasteiger partial charge on any atom is 0.160 e. The van der Waals surface area contributed by atoms with Crippen LogP contribution in [0.15, 0.2) is 18.3 Å². The second-order valence-electron chi connectivity index (χ2n) is 7.36. The normalized spacial score (nSPS) is 26.8. The summed E-state index contributed by atoms with van der Waals surface area (Å²) in [5.41, 5.74) is 2.12. The summed E-state index contributed by atoms with van der Waals surface area (Å²) in [7, 11) is 2.23. The van der Waals surface area contributed by atoms with Crippen LogP contribution >= 0.6 is 0 Å². The topological polar surface area (TPSA) is 37.2 Å². The molecule has 2 atom stereocenters. The van der Waals surface area contributed by atoms with E-state index >= 15 is 0 Å². The molecule has 0 spiro atoms. The monoisotopic (exact) mass is 313 g/mol. The van der Waals surface area contributed by atoms with Crippen LogP contribution < -0.4 is 0 Å². The van der Waals surface area contributed by atoms with Gasteiger partial charge in [-0.1, -0.05) is 0 Å². The molecule has 2 fully saturated rings. The summed E-state index contributed by atoms with van der Waals surface area (Å²) in [6.07, 6.45) is 5.57. The smallest absolute Gasteiger partial charge is 0.160 e. The largest absolute Gasteiger partial charge is 0.307 e. The highest BCUT2D eigenvalue weighted by Gasteiger charge is 2.33. The van der Waals surface area contributed by atoms with Crippen molar-refractivity contribution in [3.63, 3.8) is 0 Å². The number of rotatable bonds is 3. The maximum absolute atomic E-state index is 5.00. The number of hydrogen-bond donors (Lipinski definition) is 0. The molecule has 2 aromatic rings. The van der Waals surface area contributed by atoms with Crippen molar-refractivity contribution in [1.82, 2.24) is 24.3 Å². The second-order valence-corrected chi connectivity index (χ2v) is 7.36. The lowest BCUT2D eigenvalue weighted by Crippen LogP contribution is -2.29. The standard InChI is InChI=1S/C18H27N5/c1-13(2)22-11-8-14(12-22)23-17-15(6-4-9-19-17)20-18(23)16-7-5-10-21(16)3/h4,6,9,13-14,16H,5,7-8,10-12H2,1-3H3. The molecule has 2 aliphatic rings. The van der Waals surface area contributed by atoms with Crippen LogP contribution in [0.25, 0.3) is 11.2 Å². The van der Waals surface area contributed by atoms with Crippen LogP contribution in [-0.2, 0) is 0 Å². The Bertz CT molecular complexity index is 692. The predicted octanol–water partition coefficient (Wildman–Crippen LogP) is 2.85. The van der Waals surface area contributed by atoms with Gasteiger partial charge in [0.15, 0.2) is 5.65 Å². The zero-order chi connectivity index (χ0) is 16.0. The maximum atomic E-state index is 5.00. The van der Waals surface area contributed by atoms with Gasteiger partial charge in [-0.3, -0.25) is 9.80 Å². The molecule has 0 N–H and O–H groups in total. The highest BCUT2D eigenvalue weighted by Crippen LogP contribution is 2.35. The summed E-state index contributed by atoms with van der Waals surface area (Å²) in [4.78, 5) is 14.7. The Morgan fingerprint density at radius 1 is 1.22 bits per heavy atom. The average Bonchev–Trinajstić information content (AvgIpc) is 3.22. The Morgan fingerprint density at radius 2 is 2.09 bits per heavy atom. The molecular weight excluding hydrogens is 286 g/mol. The first-order valence-electron chi connectivity index (χ1n) is 8.92. The number of imidazole rings is 1. The summed E-state index contributed by atoms with van der Waals surface area (Å²) < 4.78 is 2.46. The van der Waals surface area contributed by atoms with Crippen molar-refractivity contribution in [3.05, 3.63) is 24.2 Å². The van der Waals surface area contributed by atoms with E-state index in [-0.39, 0.29) is 0 Å². The number of nitrogens with zero attached hydrogens (tertiary/aromatic N) is 5. The van der Waals surface area contributed by atoms with Crippen LogP contribution in [0, 0.1) is 0 Å². The third-order valence-corrected chi connectivity index (χ3v) is 5.58. The van der Waals surface area contributed by atoms with Gasteiger partial charge in [0.25, 0.3) is 0 Å². The number of aromatic nitrogens is 3. The van der Waals surface area contributed by atoms with Crippen molar-refractivity contribution in [1.29, 1.82) is 0 Å². The van der Waals surface area contributed by atoms with E-state index in [1.165, 1.54) is 38.2 Å². The fourth-order valence-corrected chi connectivity index (χ4v) is 4.23. The van der Waals surface area contributed by atoms with E-state index < -0.39 is 0 Å². The van der Waals surface area contributed by atoms with Gasteiger partial charge in [-0.2, -0.15) is 0 Å². The summed E-state index contributed by atoms with van der Waals surface area (Å²) in [5, 5.41) is 0. The fraction of sp³-hybridized carbons (Fsp3) is 0.667. The molecule has 4 rings (SSSR count). The number of fused-ring (bicyclic) bond motifs is 1. The molecule has 23 heavy (non-hydrogen) atoms. The van der Waals surface area contributed by atoms with Crippen molar-refractivity contribution in [3.8, 4) is 0 Å². The summed E-state index contributed by atoms with van der Waals surface area (Å²) >= 11 is 0. The van der Waals surface area contributed by atoms with E-state index in [1.54, 1.807) is 0 Å². The average molecular weight is 313 g/mol. The van der Waals surface area contributed by atoms with Gasteiger partial charge in [0.1, 0.15) is 11.3 Å². The van der Waals surface area contributed by atoms with Crippen LogP contribution in [0.1, 0.15) is 51.0 Å². The lowest BCUT2D eigenvalue weighted by atomic mass is 10.2. The fourth-order valence-electron chi connectivity index (χ4n) is 4.23. The van der Waals surface area contributed by atoms with Gasteiger partial charge in [-0.15, -0.1) is 0 Å². The van der Waals surface area contributed by atoms with Crippen LogP contribution in [0.4, 0.5) is 0 Å². The Morgan fingerprint density at radius 3 is 2.78 bits per heavy atom. The van der Waals surface area contributed by atoms with Gasteiger partial charge in [0, 0.05) is 25.3 Å². The van der Waals surface area contributed by atoms with Crippen LogP contribution in [-0.4, -0.2) is 57.1 Å². The summed E-state index contributed by atoms with van der Waals surface area (Å²) in [6, 6.07) is 5.66. The zero-order valence-electron chi connectivity index (χ0n) is 14.4. The second kappa shape index (κ2) is 5.87. The molecule has 0 radical (unpaired) electrons. The van der Waals surface area contributed by atoms with Gasteiger partial charge < -0.3 is 4.57 Å². The number of likely N-dealkylation sites (tertiary alicyclic amines) is 2. The number of pyridine rings is 1. The van der Waals surface area contributed by atoms with E-state index in [4.69, 9.17) is 4.98 Å². The molecule has 0 saturated carbocycles. The molecule has 0 aromatic carbocycles. The van der Waals surface area contributed by atoms with Crippen molar-refractivity contribution >= 4 is 11.2 Å². The first kappa shape index (κ1) is 15.1. The van der Waals surface area contributed by atoms with Crippen LogP contribution in [0.2, 0.25) is 0 Å². The lowest BCUT2D eigenvalue weighted by Gasteiger charge is -2.24. The Hall–Kier alpha value is -1.46. The van der Waals surface area contributed by atoms with Crippen molar-refractivity contribution < 1.29 is 0 Å². The van der Waals surface area contributed by atoms with E-state index in [9.17, 15) is 0 Å². The molecule has 2 unspecified atom stereocenters. The van der Waals surface area contributed by atoms with Crippen molar-refractivity contribution in [2.24, 2.45) is 0 Å². The van der Waals surface area contributed by atoms with Gasteiger partial charge in [-0.25, -0.2) is 9.97 Å². The van der Waals surface area contributed by atoms with Gasteiger partial charge in [0.2, 0.25) is 0 Å². The van der Waals surface area contributed by atoms with E-state index in [0.29, 0.717) is 18.1 Å². The SMILES string of the molecule is CC(C)N1CCC(n2c(C3CCCN3C)nc3cccnc32)C1. The Kier molecular flexibility index (Phi) is 3.85. The Labute approximate surface area is 138 Å². The molecule has 0 aliphatic carbocycles. The molecule has 2 aliphatic heterocycles. The van der Waals surface area contributed by atoms with Gasteiger partial charge in [0.05, 0.1) is 12.1 Å². The van der Waals surface area contributed by atoms with E-state index in [2.05, 4.69) is 46.3 Å². The van der Waals surface area contributed by atoms with Gasteiger partial charge in [-0.05, 0) is 58.8 Å². The highest BCUT2D eigenvalue weighted by molar-refractivity contribution is 5.71. The quantitative estimate of drug-likeness (QED) is 0.873.